The van der Waals surface area contributed by atoms with Crippen molar-refractivity contribution in [2.45, 2.75) is 85.3 Å². The van der Waals surface area contributed by atoms with Crippen LogP contribution in [0.1, 0.15) is 73.6 Å². The van der Waals surface area contributed by atoms with E-state index in [4.69, 9.17) is 9.47 Å². The van der Waals surface area contributed by atoms with Crippen molar-refractivity contribution in [3.05, 3.63) is 0 Å². The van der Waals surface area contributed by atoms with Crippen molar-refractivity contribution < 1.29 is 19.1 Å². The zero-order valence-electron chi connectivity index (χ0n) is 17.3. The Morgan fingerprint density at radius 3 is 2.42 bits per heavy atom. The van der Waals surface area contributed by atoms with E-state index < -0.39 is 17.7 Å². The maximum atomic E-state index is 12.5. The van der Waals surface area contributed by atoms with Crippen molar-refractivity contribution in [3.8, 4) is 0 Å². The van der Waals surface area contributed by atoms with Gasteiger partial charge in [-0.2, -0.15) is 0 Å². The zero-order valence-corrected chi connectivity index (χ0v) is 17.3. The Kier molecular flexibility index (Phi) is 4.81. The van der Waals surface area contributed by atoms with Crippen molar-refractivity contribution in [1.29, 1.82) is 0 Å². The molecule has 26 heavy (non-hydrogen) atoms. The normalized spacial score (nSPS) is 35.2. The molecule has 5 nitrogen and oxygen atoms in total. The summed E-state index contributed by atoms with van der Waals surface area (Å²) in [6.07, 6.45) is 4.54. The van der Waals surface area contributed by atoms with Gasteiger partial charge in [0.15, 0.2) is 0 Å². The van der Waals surface area contributed by atoms with Gasteiger partial charge in [0.2, 0.25) is 0 Å². The number of carbonyl (C=O) groups excluding carboxylic acids is 2. The largest absolute Gasteiger partial charge is 0.464 e. The van der Waals surface area contributed by atoms with Crippen LogP contribution in [0.25, 0.3) is 0 Å². The summed E-state index contributed by atoms with van der Waals surface area (Å²) < 4.78 is 11.0. The number of amides is 1. The molecule has 0 bridgehead atoms. The van der Waals surface area contributed by atoms with E-state index in [0.29, 0.717) is 36.3 Å². The molecule has 3 rings (SSSR count). The predicted octanol–water partition coefficient (Wildman–Crippen LogP) is 4.39. The number of hydrogen-bond acceptors (Lipinski definition) is 4. The van der Waals surface area contributed by atoms with Crippen molar-refractivity contribution in [1.82, 2.24) is 4.90 Å². The molecule has 3 aliphatic rings. The molecule has 0 spiro atoms. The highest BCUT2D eigenvalue weighted by Gasteiger charge is 2.72. The Morgan fingerprint density at radius 2 is 1.85 bits per heavy atom. The lowest BCUT2D eigenvalue weighted by molar-refractivity contribution is -0.149. The summed E-state index contributed by atoms with van der Waals surface area (Å²) in [5.41, 5.74) is 0.361. The first kappa shape index (κ1) is 19.5. The van der Waals surface area contributed by atoms with E-state index in [9.17, 15) is 9.59 Å². The van der Waals surface area contributed by atoms with Crippen LogP contribution in [0.5, 0.6) is 0 Å². The minimum Gasteiger partial charge on any atom is -0.464 e. The maximum absolute atomic E-state index is 12.5. The van der Waals surface area contributed by atoms with Gasteiger partial charge in [0, 0.05) is 6.54 Å². The van der Waals surface area contributed by atoms with Crippen molar-refractivity contribution in [2.75, 3.05) is 13.2 Å². The molecule has 0 aromatic heterocycles. The highest BCUT2D eigenvalue weighted by Crippen LogP contribution is 2.78. The highest BCUT2D eigenvalue weighted by molar-refractivity contribution is 5.82. The third kappa shape index (κ3) is 3.34. The van der Waals surface area contributed by atoms with Crippen LogP contribution in [-0.4, -0.2) is 41.8 Å². The predicted molar refractivity (Wildman–Crippen MR) is 99.6 cm³/mol. The van der Waals surface area contributed by atoms with E-state index in [1.165, 1.54) is 17.7 Å². The lowest BCUT2D eigenvalue weighted by atomic mass is 9.88. The first-order valence-corrected chi connectivity index (χ1v) is 10.1. The molecule has 1 saturated heterocycles. The molecule has 148 valence electrons. The molecule has 0 N–H and O–H groups in total. The Morgan fingerprint density at radius 1 is 1.15 bits per heavy atom. The number of esters is 1. The zero-order chi connectivity index (χ0) is 19.3. The molecule has 4 atom stereocenters. The van der Waals surface area contributed by atoms with Crippen molar-refractivity contribution >= 4 is 12.1 Å². The van der Waals surface area contributed by atoms with Crippen LogP contribution in [0.4, 0.5) is 4.79 Å². The molecule has 2 aliphatic carbocycles. The minimum absolute atomic E-state index is 0.274. The van der Waals surface area contributed by atoms with Crippen LogP contribution in [0, 0.1) is 22.7 Å². The van der Waals surface area contributed by atoms with Crippen LogP contribution in [0.2, 0.25) is 0 Å². The first-order chi connectivity index (χ1) is 12.0. The Labute approximate surface area is 157 Å². The summed E-state index contributed by atoms with van der Waals surface area (Å²) >= 11 is 0. The Hall–Kier alpha value is -1.26. The fraction of sp³-hybridized carbons (Fsp3) is 0.905. The molecule has 1 aliphatic heterocycles. The fourth-order valence-corrected chi connectivity index (χ4v) is 5.63. The second-order valence-electron chi connectivity index (χ2n) is 10.2. The summed E-state index contributed by atoms with van der Waals surface area (Å²) in [6.45, 7) is 13.7. The van der Waals surface area contributed by atoms with Gasteiger partial charge >= 0.3 is 12.1 Å². The third-order valence-electron chi connectivity index (χ3n) is 7.24. The van der Waals surface area contributed by atoms with E-state index in [1.54, 1.807) is 0 Å². The Balaban J connectivity index is 1.47. The number of nitrogens with zero attached hydrogens (tertiary/aromatic N) is 1. The molecule has 2 saturated carbocycles. The standard InChI is InChI=1S/C21H35NO4/c1-19(2,3)26-18(24)22-12-7-8-15(22)17(23)25-13-10-14-9-11-21(6)16(14)20(21,4)5/h14-16H,7-13H2,1-6H3/t14?,15-,16?,21?/m0/s1. The molecular weight excluding hydrogens is 330 g/mol. The summed E-state index contributed by atoms with van der Waals surface area (Å²) in [5.74, 6) is 1.15. The second kappa shape index (κ2) is 6.42. The van der Waals surface area contributed by atoms with Gasteiger partial charge in [0.1, 0.15) is 11.6 Å². The average Bonchev–Trinajstić information content (AvgIpc) is 2.95. The van der Waals surface area contributed by atoms with E-state index in [0.717, 1.165) is 18.8 Å². The quantitative estimate of drug-likeness (QED) is 0.693. The molecule has 1 amide bonds. The van der Waals surface area contributed by atoms with Gasteiger partial charge < -0.3 is 9.47 Å². The van der Waals surface area contributed by atoms with E-state index in [-0.39, 0.29) is 5.97 Å². The van der Waals surface area contributed by atoms with Crippen LogP contribution in [0.3, 0.4) is 0 Å². The molecule has 3 unspecified atom stereocenters. The second-order valence-corrected chi connectivity index (χ2v) is 10.2. The van der Waals surface area contributed by atoms with Gasteiger partial charge in [-0.3, -0.25) is 4.90 Å². The summed E-state index contributed by atoms with van der Waals surface area (Å²) in [7, 11) is 0. The monoisotopic (exact) mass is 365 g/mol. The summed E-state index contributed by atoms with van der Waals surface area (Å²) in [5, 5.41) is 0. The number of hydrogen-bond donors (Lipinski definition) is 0. The molecule has 0 radical (unpaired) electrons. The van der Waals surface area contributed by atoms with Gasteiger partial charge in [0.25, 0.3) is 0 Å². The number of likely N-dealkylation sites (tertiary alicyclic amines) is 1. The summed E-state index contributed by atoms with van der Waals surface area (Å²) in [6, 6.07) is -0.490. The summed E-state index contributed by atoms with van der Waals surface area (Å²) in [4.78, 5) is 26.4. The SMILES string of the molecule is CC(C)(C)OC(=O)N1CCC[C@H]1C(=O)OCCC1CCC2(C)C1C2(C)C. The molecule has 0 aromatic rings. The number of carbonyl (C=O) groups is 2. The van der Waals surface area contributed by atoms with E-state index in [1.807, 2.05) is 20.8 Å². The van der Waals surface area contributed by atoms with Crippen molar-refractivity contribution in [3.63, 3.8) is 0 Å². The number of ether oxygens (including phenoxy) is 2. The fourth-order valence-electron chi connectivity index (χ4n) is 5.63. The lowest BCUT2D eigenvalue weighted by Crippen LogP contribution is -2.44. The molecule has 3 fully saturated rings. The lowest BCUT2D eigenvalue weighted by Gasteiger charge is -2.27. The molecule has 5 heteroatoms. The number of fused-ring (bicyclic) bond motifs is 1. The van der Waals surface area contributed by atoms with Gasteiger partial charge in [-0.1, -0.05) is 20.8 Å². The average molecular weight is 366 g/mol. The van der Waals surface area contributed by atoms with Gasteiger partial charge in [0.05, 0.1) is 6.61 Å². The number of rotatable bonds is 4. The molecule has 1 heterocycles. The Bertz CT molecular complexity index is 579. The molecule has 0 aromatic carbocycles. The van der Waals surface area contributed by atoms with Gasteiger partial charge in [-0.15, -0.1) is 0 Å². The van der Waals surface area contributed by atoms with Crippen molar-refractivity contribution in [2.24, 2.45) is 22.7 Å². The minimum atomic E-state index is -0.555. The maximum Gasteiger partial charge on any atom is 0.411 e. The smallest absolute Gasteiger partial charge is 0.411 e. The molecular formula is C21H35NO4. The van der Waals surface area contributed by atoms with E-state index in [2.05, 4.69) is 20.8 Å². The van der Waals surface area contributed by atoms with Gasteiger partial charge in [-0.25, -0.2) is 9.59 Å². The highest BCUT2D eigenvalue weighted by atomic mass is 16.6. The topological polar surface area (TPSA) is 55.8 Å². The van der Waals surface area contributed by atoms with Crippen LogP contribution >= 0.6 is 0 Å². The van der Waals surface area contributed by atoms with E-state index >= 15 is 0 Å². The van der Waals surface area contributed by atoms with Crippen LogP contribution < -0.4 is 0 Å². The van der Waals surface area contributed by atoms with Crippen LogP contribution in [0.15, 0.2) is 0 Å². The third-order valence-corrected chi connectivity index (χ3v) is 7.24. The van der Waals surface area contributed by atoms with Gasteiger partial charge in [-0.05, 0) is 75.5 Å². The first-order valence-electron chi connectivity index (χ1n) is 10.1. The van der Waals surface area contributed by atoms with Crippen LogP contribution in [-0.2, 0) is 14.3 Å².